The minimum Gasteiger partial charge on any atom is -0.508 e. The molecule has 3 rings (SSSR count). The molecule has 0 aliphatic carbocycles. The van der Waals surface area contributed by atoms with Gasteiger partial charge in [0.15, 0.2) is 11.5 Å². The molecule has 1 N–H and O–H groups in total. The van der Waals surface area contributed by atoms with E-state index in [2.05, 4.69) is 0 Å². The van der Waals surface area contributed by atoms with Crippen LogP contribution >= 0.6 is 11.6 Å². The Hall–Kier alpha value is -2.40. The first-order valence-corrected chi connectivity index (χ1v) is 7.25. The van der Waals surface area contributed by atoms with Gasteiger partial charge in [0, 0.05) is 17.3 Å². The van der Waals surface area contributed by atoms with Crippen molar-refractivity contribution in [2.24, 2.45) is 0 Å². The van der Waals surface area contributed by atoms with E-state index in [1.165, 1.54) is 4.90 Å². The highest BCUT2D eigenvalue weighted by atomic mass is 35.5. The normalized spacial score (nSPS) is 12.2. The van der Waals surface area contributed by atoms with Crippen molar-refractivity contribution in [2.75, 3.05) is 17.6 Å². The fourth-order valence-corrected chi connectivity index (χ4v) is 2.41. The second-order valence-corrected chi connectivity index (χ2v) is 5.05. The molecule has 1 amide bonds. The number of halogens is 1. The number of benzene rings is 2. The van der Waals surface area contributed by atoms with E-state index in [-0.39, 0.29) is 30.9 Å². The molecule has 0 bridgehead atoms. The standard InChI is InChI=1S/C16H14ClNO4/c17-8-16(20)18(9-11-3-1-2-4-13(11)19)12-5-6-14-15(7-12)22-10-21-14/h1-7,19H,8-10H2. The Morgan fingerprint density at radius 1 is 1.18 bits per heavy atom. The van der Waals surface area contributed by atoms with Gasteiger partial charge in [0.25, 0.3) is 0 Å². The Balaban J connectivity index is 1.93. The molecule has 1 aliphatic rings. The van der Waals surface area contributed by atoms with Gasteiger partial charge >= 0.3 is 0 Å². The third-order valence-electron chi connectivity index (χ3n) is 3.40. The highest BCUT2D eigenvalue weighted by Gasteiger charge is 2.20. The molecule has 0 unspecified atom stereocenters. The summed E-state index contributed by atoms with van der Waals surface area (Å²) in [5.74, 6) is 0.952. The largest absolute Gasteiger partial charge is 0.508 e. The lowest BCUT2D eigenvalue weighted by Crippen LogP contribution is -2.31. The lowest BCUT2D eigenvalue weighted by Gasteiger charge is -2.22. The number of hydrogen-bond donors (Lipinski definition) is 1. The molecule has 2 aromatic carbocycles. The minimum absolute atomic E-state index is 0.135. The molecule has 0 saturated carbocycles. The first-order chi connectivity index (χ1) is 10.7. The highest BCUT2D eigenvalue weighted by molar-refractivity contribution is 6.29. The summed E-state index contributed by atoms with van der Waals surface area (Å²) in [5.41, 5.74) is 1.27. The van der Waals surface area contributed by atoms with Gasteiger partial charge in [-0.3, -0.25) is 4.79 Å². The Morgan fingerprint density at radius 2 is 1.95 bits per heavy atom. The van der Waals surface area contributed by atoms with E-state index in [0.29, 0.717) is 22.7 Å². The van der Waals surface area contributed by atoms with Crippen molar-refractivity contribution in [3.8, 4) is 17.2 Å². The fourth-order valence-electron chi connectivity index (χ4n) is 2.26. The molecule has 0 fully saturated rings. The maximum atomic E-state index is 12.2. The number of hydrogen-bond acceptors (Lipinski definition) is 4. The zero-order valence-corrected chi connectivity index (χ0v) is 12.4. The van der Waals surface area contributed by atoms with E-state index < -0.39 is 0 Å². The zero-order valence-electron chi connectivity index (χ0n) is 11.7. The summed E-state index contributed by atoms with van der Waals surface area (Å²) < 4.78 is 10.6. The van der Waals surface area contributed by atoms with Gasteiger partial charge in [-0.2, -0.15) is 0 Å². The van der Waals surface area contributed by atoms with Gasteiger partial charge < -0.3 is 19.5 Å². The van der Waals surface area contributed by atoms with Gasteiger partial charge in [-0.25, -0.2) is 0 Å². The monoisotopic (exact) mass is 319 g/mol. The van der Waals surface area contributed by atoms with Crippen LogP contribution in [0.2, 0.25) is 0 Å². The van der Waals surface area contributed by atoms with Crippen molar-refractivity contribution < 1.29 is 19.4 Å². The maximum absolute atomic E-state index is 12.2. The molecule has 0 saturated heterocycles. The van der Waals surface area contributed by atoms with Crippen LogP contribution in [0.4, 0.5) is 5.69 Å². The molecular formula is C16H14ClNO4. The van der Waals surface area contributed by atoms with Crippen molar-refractivity contribution >= 4 is 23.2 Å². The molecule has 6 heteroatoms. The fraction of sp³-hybridized carbons (Fsp3) is 0.188. The second-order valence-electron chi connectivity index (χ2n) is 4.78. The van der Waals surface area contributed by atoms with Crippen LogP contribution in [0.1, 0.15) is 5.56 Å². The minimum atomic E-state index is -0.260. The van der Waals surface area contributed by atoms with Crippen molar-refractivity contribution in [1.29, 1.82) is 0 Å². The van der Waals surface area contributed by atoms with Gasteiger partial charge in [-0.15, -0.1) is 11.6 Å². The first-order valence-electron chi connectivity index (χ1n) is 6.72. The SMILES string of the molecule is O=C(CCl)N(Cc1ccccc1O)c1ccc2c(c1)OCO2. The number of carbonyl (C=O) groups excluding carboxylic acids is 1. The summed E-state index contributed by atoms with van der Waals surface area (Å²) in [5, 5.41) is 9.90. The predicted molar refractivity (Wildman–Crippen MR) is 82.6 cm³/mol. The number of alkyl halides is 1. The lowest BCUT2D eigenvalue weighted by molar-refractivity contribution is -0.116. The molecule has 114 valence electrons. The van der Waals surface area contributed by atoms with Crippen LogP contribution in [0.15, 0.2) is 42.5 Å². The van der Waals surface area contributed by atoms with Gasteiger partial charge in [0.1, 0.15) is 11.6 Å². The predicted octanol–water partition coefficient (Wildman–Crippen LogP) is 2.89. The third kappa shape index (κ3) is 2.80. The van der Waals surface area contributed by atoms with Gasteiger partial charge in [0.2, 0.25) is 12.7 Å². The Labute approximate surface area is 132 Å². The number of rotatable bonds is 4. The highest BCUT2D eigenvalue weighted by Crippen LogP contribution is 2.36. The van der Waals surface area contributed by atoms with E-state index in [9.17, 15) is 9.90 Å². The molecule has 0 atom stereocenters. The van der Waals surface area contributed by atoms with Crippen LogP contribution < -0.4 is 14.4 Å². The number of phenols is 1. The molecule has 1 heterocycles. The quantitative estimate of drug-likeness (QED) is 0.880. The lowest BCUT2D eigenvalue weighted by atomic mass is 10.1. The summed E-state index contributed by atoms with van der Waals surface area (Å²) in [4.78, 5) is 13.7. The average molecular weight is 320 g/mol. The summed E-state index contributed by atoms with van der Waals surface area (Å²) in [6.07, 6.45) is 0. The maximum Gasteiger partial charge on any atom is 0.242 e. The van der Waals surface area contributed by atoms with E-state index in [1.54, 1.807) is 42.5 Å². The van der Waals surface area contributed by atoms with Crippen molar-refractivity contribution in [2.45, 2.75) is 6.54 Å². The van der Waals surface area contributed by atoms with Gasteiger partial charge in [-0.1, -0.05) is 18.2 Å². The molecular weight excluding hydrogens is 306 g/mol. The van der Waals surface area contributed by atoms with E-state index in [1.807, 2.05) is 0 Å². The molecule has 0 spiro atoms. The number of fused-ring (bicyclic) bond motifs is 1. The van der Waals surface area contributed by atoms with Crippen LogP contribution in [0.5, 0.6) is 17.2 Å². The van der Waals surface area contributed by atoms with E-state index in [4.69, 9.17) is 21.1 Å². The van der Waals surface area contributed by atoms with Crippen LogP contribution in [0.3, 0.4) is 0 Å². The topological polar surface area (TPSA) is 59.0 Å². The number of ether oxygens (including phenoxy) is 2. The number of anilines is 1. The van der Waals surface area contributed by atoms with Crippen molar-refractivity contribution in [1.82, 2.24) is 0 Å². The van der Waals surface area contributed by atoms with E-state index in [0.717, 1.165) is 0 Å². The Bertz CT molecular complexity index is 704. The Kier molecular flexibility index (Phi) is 4.06. The number of para-hydroxylation sites is 1. The van der Waals surface area contributed by atoms with Crippen LogP contribution in [-0.2, 0) is 11.3 Å². The third-order valence-corrected chi connectivity index (χ3v) is 3.63. The van der Waals surface area contributed by atoms with Crippen molar-refractivity contribution in [3.63, 3.8) is 0 Å². The van der Waals surface area contributed by atoms with Crippen molar-refractivity contribution in [3.05, 3.63) is 48.0 Å². The average Bonchev–Trinajstić information content (AvgIpc) is 3.01. The molecule has 5 nitrogen and oxygen atoms in total. The molecule has 0 aromatic heterocycles. The smallest absolute Gasteiger partial charge is 0.242 e. The number of phenolic OH excluding ortho intramolecular Hbond substituents is 1. The molecule has 22 heavy (non-hydrogen) atoms. The second kappa shape index (κ2) is 6.15. The summed E-state index contributed by atoms with van der Waals surface area (Å²) in [6, 6.07) is 12.1. The van der Waals surface area contributed by atoms with Crippen LogP contribution in [0, 0.1) is 0 Å². The molecule has 0 radical (unpaired) electrons. The summed E-state index contributed by atoms with van der Waals surface area (Å²) in [6.45, 7) is 0.388. The van der Waals surface area contributed by atoms with Gasteiger partial charge in [0.05, 0.1) is 6.54 Å². The number of nitrogens with zero attached hydrogens (tertiary/aromatic N) is 1. The summed E-state index contributed by atoms with van der Waals surface area (Å²) >= 11 is 5.71. The van der Waals surface area contributed by atoms with Crippen LogP contribution in [-0.4, -0.2) is 23.7 Å². The van der Waals surface area contributed by atoms with E-state index >= 15 is 0 Å². The number of carbonyl (C=O) groups is 1. The zero-order chi connectivity index (χ0) is 15.5. The number of aromatic hydroxyl groups is 1. The van der Waals surface area contributed by atoms with Gasteiger partial charge in [-0.05, 0) is 18.2 Å². The summed E-state index contributed by atoms with van der Waals surface area (Å²) in [7, 11) is 0. The Morgan fingerprint density at radius 3 is 2.73 bits per heavy atom. The first kappa shape index (κ1) is 14.5. The van der Waals surface area contributed by atoms with Crippen LogP contribution in [0.25, 0.3) is 0 Å². The number of amides is 1. The molecule has 1 aliphatic heterocycles. The molecule has 2 aromatic rings.